The van der Waals surface area contributed by atoms with E-state index in [-0.39, 0.29) is 27.5 Å². The summed E-state index contributed by atoms with van der Waals surface area (Å²) >= 11 is 13.6. The number of carbonyl (C=O) groups is 2. The highest BCUT2D eigenvalue weighted by Gasteiger charge is 2.43. The maximum atomic E-state index is 12.9. The zero-order valence-corrected chi connectivity index (χ0v) is 18.1. The minimum atomic E-state index is -0.103. The summed E-state index contributed by atoms with van der Waals surface area (Å²) in [6.07, 6.45) is 6.27. The van der Waals surface area contributed by atoms with Crippen molar-refractivity contribution < 1.29 is 9.59 Å². The quantitative estimate of drug-likeness (QED) is 0.507. The van der Waals surface area contributed by atoms with Gasteiger partial charge >= 0.3 is 0 Å². The molecule has 2 aromatic rings. The second-order valence-corrected chi connectivity index (χ2v) is 9.19. The van der Waals surface area contributed by atoms with Crippen LogP contribution in [0.15, 0.2) is 35.0 Å². The Hall–Kier alpha value is -1.89. The third kappa shape index (κ3) is 4.49. The third-order valence-corrected chi connectivity index (χ3v) is 7.07. The molecule has 8 heteroatoms. The van der Waals surface area contributed by atoms with Crippen molar-refractivity contribution in [3.63, 3.8) is 0 Å². The van der Waals surface area contributed by atoms with E-state index in [4.69, 9.17) is 23.2 Å². The van der Waals surface area contributed by atoms with Gasteiger partial charge in [0.2, 0.25) is 5.91 Å². The van der Waals surface area contributed by atoms with Crippen molar-refractivity contribution in [3.05, 3.63) is 56.5 Å². The van der Waals surface area contributed by atoms with Gasteiger partial charge in [-0.2, -0.15) is 11.3 Å². The van der Waals surface area contributed by atoms with Gasteiger partial charge in [-0.15, -0.1) is 0 Å². The molecule has 2 aromatic heterocycles. The largest absolute Gasteiger partial charge is 0.339 e. The first-order valence-corrected chi connectivity index (χ1v) is 11.3. The molecule has 0 atom stereocenters. The zero-order chi connectivity index (χ0) is 20.4. The van der Waals surface area contributed by atoms with E-state index in [0.717, 1.165) is 37.9 Å². The van der Waals surface area contributed by atoms with Gasteiger partial charge in [-0.1, -0.05) is 23.2 Å². The Balaban J connectivity index is 1.34. The smallest absolute Gasteiger partial charge is 0.257 e. The molecule has 2 aliphatic rings. The summed E-state index contributed by atoms with van der Waals surface area (Å²) in [4.78, 5) is 33.0. The summed E-state index contributed by atoms with van der Waals surface area (Å²) in [5, 5.41) is 4.42. The highest BCUT2D eigenvalue weighted by Crippen LogP contribution is 2.41. The van der Waals surface area contributed by atoms with E-state index >= 15 is 0 Å². The number of nitrogens with zero attached hydrogens (tertiary/aromatic N) is 3. The lowest BCUT2D eigenvalue weighted by Gasteiger charge is -2.39. The van der Waals surface area contributed by atoms with E-state index < -0.39 is 0 Å². The van der Waals surface area contributed by atoms with E-state index in [1.807, 2.05) is 32.7 Å². The summed E-state index contributed by atoms with van der Waals surface area (Å²) in [6.45, 7) is 2.83. The molecule has 0 unspecified atom stereocenters. The van der Waals surface area contributed by atoms with Crippen molar-refractivity contribution in [2.24, 2.45) is 5.41 Å². The summed E-state index contributed by atoms with van der Waals surface area (Å²) < 4.78 is 0. The van der Waals surface area contributed by atoms with E-state index in [0.29, 0.717) is 18.7 Å². The topological polar surface area (TPSA) is 53.5 Å². The lowest BCUT2D eigenvalue weighted by molar-refractivity contribution is -0.128. The number of thiophene rings is 1. The highest BCUT2D eigenvalue weighted by atomic mass is 35.5. The monoisotopic (exact) mass is 449 g/mol. The predicted octanol–water partition coefficient (Wildman–Crippen LogP) is 4.62. The fourth-order valence-electron chi connectivity index (χ4n) is 4.10. The van der Waals surface area contributed by atoms with Crippen molar-refractivity contribution in [1.82, 2.24) is 14.8 Å². The van der Waals surface area contributed by atoms with Crippen molar-refractivity contribution in [2.45, 2.75) is 19.3 Å². The molecule has 2 amide bonds. The van der Waals surface area contributed by atoms with Crippen LogP contribution in [0.1, 0.15) is 35.2 Å². The normalized spacial score (nSPS) is 18.7. The van der Waals surface area contributed by atoms with Crippen LogP contribution in [0.3, 0.4) is 0 Å². The molecule has 5 nitrogen and oxygen atoms in total. The van der Waals surface area contributed by atoms with Crippen LogP contribution in [0.4, 0.5) is 0 Å². The Morgan fingerprint density at radius 2 is 1.79 bits per heavy atom. The lowest BCUT2D eigenvalue weighted by atomic mass is 9.78. The second-order valence-electron chi connectivity index (χ2n) is 7.66. The zero-order valence-electron chi connectivity index (χ0n) is 15.8. The molecule has 2 saturated heterocycles. The molecular formula is C21H21Cl2N3O2S. The van der Waals surface area contributed by atoms with Crippen LogP contribution in [0.5, 0.6) is 0 Å². The Morgan fingerprint density at radius 1 is 1.07 bits per heavy atom. The number of hydrogen-bond donors (Lipinski definition) is 0. The van der Waals surface area contributed by atoms with Crippen molar-refractivity contribution >= 4 is 52.4 Å². The average molecular weight is 450 g/mol. The molecular weight excluding hydrogens is 429 g/mol. The van der Waals surface area contributed by atoms with Crippen molar-refractivity contribution in [1.29, 1.82) is 0 Å². The van der Waals surface area contributed by atoms with E-state index in [9.17, 15) is 9.59 Å². The molecule has 0 radical (unpaired) electrons. The van der Waals surface area contributed by atoms with Gasteiger partial charge in [0, 0.05) is 32.3 Å². The number of halogens is 2. The van der Waals surface area contributed by atoms with E-state index in [1.165, 1.54) is 0 Å². The van der Waals surface area contributed by atoms with Crippen LogP contribution in [-0.2, 0) is 4.79 Å². The number of piperidine rings is 1. The number of aromatic nitrogens is 1. The van der Waals surface area contributed by atoms with Crippen LogP contribution in [0.25, 0.3) is 6.08 Å². The maximum Gasteiger partial charge on any atom is 0.257 e. The van der Waals surface area contributed by atoms with Gasteiger partial charge < -0.3 is 9.80 Å². The van der Waals surface area contributed by atoms with Crippen LogP contribution >= 0.6 is 34.5 Å². The number of carbonyl (C=O) groups excluding carboxylic acids is 2. The fourth-order valence-corrected chi connectivity index (χ4v) is 5.16. The SMILES string of the molecule is O=C(/C=C/c1ccsc1)N1CCC2(CC1)CCN(C(=O)c1ccc(Cl)nc1Cl)C2. The summed E-state index contributed by atoms with van der Waals surface area (Å²) in [5.41, 5.74) is 1.52. The molecule has 2 aliphatic heterocycles. The van der Waals surface area contributed by atoms with E-state index in [2.05, 4.69) is 4.98 Å². The van der Waals surface area contributed by atoms with Gasteiger partial charge in [-0.05, 0) is 65.3 Å². The lowest BCUT2D eigenvalue weighted by Crippen LogP contribution is -2.44. The van der Waals surface area contributed by atoms with Crippen LogP contribution < -0.4 is 0 Å². The van der Waals surface area contributed by atoms with Gasteiger partial charge in [0.15, 0.2) is 0 Å². The molecule has 4 rings (SSSR count). The van der Waals surface area contributed by atoms with Gasteiger partial charge in [-0.25, -0.2) is 4.98 Å². The number of rotatable bonds is 3. The number of likely N-dealkylation sites (tertiary alicyclic amines) is 2. The van der Waals surface area contributed by atoms with E-state index in [1.54, 1.807) is 29.5 Å². The third-order valence-electron chi connectivity index (χ3n) is 5.87. The summed E-state index contributed by atoms with van der Waals surface area (Å²) in [5.74, 6) is -0.0516. The molecule has 2 fully saturated rings. The first kappa shape index (κ1) is 20.4. The molecule has 1 spiro atoms. The first-order chi connectivity index (χ1) is 14.0. The molecule has 29 heavy (non-hydrogen) atoms. The average Bonchev–Trinajstić information content (AvgIpc) is 3.37. The summed E-state index contributed by atoms with van der Waals surface area (Å²) in [7, 11) is 0. The molecule has 0 bridgehead atoms. The first-order valence-electron chi connectivity index (χ1n) is 9.56. The van der Waals surface area contributed by atoms with Gasteiger partial charge in [-0.3, -0.25) is 9.59 Å². The van der Waals surface area contributed by atoms with Gasteiger partial charge in [0.25, 0.3) is 5.91 Å². The Morgan fingerprint density at radius 3 is 2.45 bits per heavy atom. The molecule has 4 heterocycles. The number of pyridine rings is 1. The van der Waals surface area contributed by atoms with Crippen molar-refractivity contribution in [2.75, 3.05) is 26.2 Å². The van der Waals surface area contributed by atoms with Crippen LogP contribution in [0.2, 0.25) is 10.3 Å². The van der Waals surface area contributed by atoms with Crippen molar-refractivity contribution in [3.8, 4) is 0 Å². The molecule has 0 aromatic carbocycles. The number of amides is 2. The van der Waals surface area contributed by atoms with Crippen LogP contribution in [0, 0.1) is 5.41 Å². The predicted molar refractivity (Wildman–Crippen MR) is 116 cm³/mol. The van der Waals surface area contributed by atoms with Crippen LogP contribution in [-0.4, -0.2) is 52.8 Å². The molecule has 0 N–H and O–H groups in total. The van der Waals surface area contributed by atoms with Gasteiger partial charge in [0.05, 0.1) is 5.56 Å². The Bertz CT molecular complexity index is 937. The fraction of sp³-hybridized carbons (Fsp3) is 0.381. The number of hydrogen-bond acceptors (Lipinski definition) is 4. The Labute approximate surface area is 183 Å². The highest BCUT2D eigenvalue weighted by molar-refractivity contribution is 7.08. The van der Waals surface area contributed by atoms with Gasteiger partial charge in [0.1, 0.15) is 10.3 Å². The Kier molecular flexibility index (Phi) is 5.95. The standard InChI is InChI=1S/C21H21Cl2N3O2S/c22-17-3-2-16(19(23)24-17)20(28)26-11-8-21(14-26)6-9-25(10-7-21)18(27)4-1-15-5-12-29-13-15/h1-5,12-13H,6-11,14H2/b4-1+. The maximum absolute atomic E-state index is 12.9. The molecule has 152 valence electrons. The molecule has 0 aliphatic carbocycles. The minimum absolute atomic E-state index is 0.0519. The molecule has 0 saturated carbocycles. The summed E-state index contributed by atoms with van der Waals surface area (Å²) in [6, 6.07) is 5.21. The minimum Gasteiger partial charge on any atom is -0.339 e. The second kappa shape index (κ2) is 8.46.